The molecule has 0 aromatic heterocycles. The number of halogens is 1. The summed E-state index contributed by atoms with van der Waals surface area (Å²) < 4.78 is 6.12. The van der Waals surface area contributed by atoms with Crippen LogP contribution in [0.15, 0.2) is 45.2 Å². The number of hydrogen-bond acceptors (Lipinski definition) is 5. The highest BCUT2D eigenvalue weighted by atomic mass is 79.9. The van der Waals surface area contributed by atoms with E-state index in [2.05, 4.69) is 15.9 Å². The molecule has 33 heavy (non-hydrogen) atoms. The summed E-state index contributed by atoms with van der Waals surface area (Å²) in [5, 5.41) is 9.74. The largest absolute Gasteiger partial charge is 0.496 e. The highest BCUT2D eigenvalue weighted by Crippen LogP contribution is 2.54. The van der Waals surface area contributed by atoms with Gasteiger partial charge in [-0.15, -0.1) is 0 Å². The smallest absolute Gasteiger partial charge is 0.323 e. The third-order valence-electron chi connectivity index (χ3n) is 6.82. The maximum absolute atomic E-state index is 13.6. The number of methoxy groups -OCH3 is 1. The monoisotopic (exact) mass is 515 g/mol. The Hall–Kier alpha value is -2.41. The van der Waals surface area contributed by atoms with Crippen molar-refractivity contribution in [2.45, 2.75) is 59.3 Å². The number of carbonyl (C=O) groups excluding carboxylic acids is 2. The Morgan fingerprint density at radius 3 is 1.97 bits per heavy atom. The lowest BCUT2D eigenvalue weighted by atomic mass is 9.63. The van der Waals surface area contributed by atoms with Crippen molar-refractivity contribution in [2.75, 3.05) is 13.7 Å². The van der Waals surface area contributed by atoms with Crippen molar-refractivity contribution < 1.29 is 24.2 Å². The molecule has 1 aromatic carbocycles. The molecule has 4 rings (SSSR count). The van der Waals surface area contributed by atoms with Gasteiger partial charge in [-0.2, -0.15) is 0 Å². The van der Waals surface area contributed by atoms with Gasteiger partial charge >= 0.3 is 5.97 Å². The van der Waals surface area contributed by atoms with Gasteiger partial charge in [0, 0.05) is 41.3 Å². The van der Waals surface area contributed by atoms with Crippen LogP contribution in [0.1, 0.15) is 64.9 Å². The minimum atomic E-state index is -0.981. The second kappa shape index (κ2) is 8.12. The lowest BCUT2D eigenvalue weighted by molar-refractivity contribution is -0.138. The third kappa shape index (κ3) is 4.27. The van der Waals surface area contributed by atoms with Crippen LogP contribution in [-0.4, -0.2) is 41.2 Å². The normalized spacial score (nSPS) is 22.3. The topological polar surface area (TPSA) is 83.9 Å². The number of ether oxygens (including phenoxy) is 1. The molecule has 1 heterocycles. The number of hydrogen-bond donors (Lipinski definition) is 1. The SMILES string of the molecule is COc1ccc(C2C3=C(CC(C)(C)CC3=O)N(CC(=O)O)C3=C2C(=O)CC(C)(C)C3)cc1Br. The fourth-order valence-electron chi connectivity index (χ4n) is 5.57. The number of carboxylic acid groups (broad SMARTS) is 1. The number of aliphatic carboxylic acids is 1. The first-order valence-corrected chi connectivity index (χ1v) is 12.0. The summed E-state index contributed by atoms with van der Waals surface area (Å²) in [6.45, 7) is 7.88. The second-order valence-electron chi connectivity index (χ2n) is 10.9. The number of Topliss-reactive ketones (excluding diaryl/α,β-unsaturated/α-hetero) is 2. The fourth-order valence-corrected chi connectivity index (χ4v) is 6.13. The van der Waals surface area contributed by atoms with E-state index in [1.165, 1.54) is 0 Å². The molecule has 1 aromatic rings. The standard InChI is InChI=1S/C26H30BrNO5/c1-25(2)9-16-23(18(29)11-25)22(14-6-7-20(33-5)15(27)8-14)24-17(28(16)13-21(31)32)10-26(3,4)12-19(24)30/h6-8,22H,9-13H2,1-5H3,(H,31,32). The fraction of sp³-hybridized carbons (Fsp3) is 0.500. The molecule has 176 valence electrons. The molecule has 7 heteroatoms. The number of carboxylic acids is 1. The molecule has 1 N–H and O–H groups in total. The lowest BCUT2D eigenvalue weighted by Crippen LogP contribution is -2.45. The van der Waals surface area contributed by atoms with Gasteiger partial charge in [-0.3, -0.25) is 14.4 Å². The number of benzene rings is 1. The molecule has 2 aliphatic carbocycles. The Kier molecular flexibility index (Phi) is 5.84. The predicted molar refractivity (Wildman–Crippen MR) is 128 cm³/mol. The molecule has 6 nitrogen and oxygen atoms in total. The van der Waals surface area contributed by atoms with E-state index in [0.717, 1.165) is 21.4 Å². The van der Waals surface area contributed by atoms with Gasteiger partial charge in [-0.25, -0.2) is 0 Å². The first kappa shape index (κ1) is 23.7. The Balaban J connectivity index is 2.01. The quantitative estimate of drug-likeness (QED) is 0.590. The predicted octanol–water partition coefficient (Wildman–Crippen LogP) is 5.23. The number of allylic oxidation sites excluding steroid dienone is 4. The maximum atomic E-state index is 13.6. The summed E-state index contributed by atoms with van der Waals surface area (Å²) in [4.78, 5) is 40.8. The molecular formula is C26H30BrNO5. The first-order valence-electron chi connectivity index (χ1n) is 11.2. The van der Waals surface area contributed by atoms with Gasteiger partial charge in [0.05, 0.1) is 11.6 Å². The van der Waals surface area contributed by atoms with Crippen LogP contribution in [0.4, 0.5) is 0 Å². The minimum Gasteiger partial charge on any atom is -0.496 e. The van der Waals surface area contributed by atoms with Gasteiger partial charge in [-0.05, 0) is 57.3 Å². The zero-order valence-electron chi connectivity index (χ0n) is 19.8. The molecule has 0 spiro atoms. The number of carbonyl (C=O) groups is 3. The van der Waals surface area contributed by atoms with Gasteiger partial charge in [0.25, 0.3) is 0 Å². The zero-order chi connectivity index (χ0) is 24.3. The summed E-state index contributed by atoms with van der Waals surface area (Å²) in [6.07, 6.45) is 1.90. The van der Waals surface area contributed by atoms with E-state index in [1.807, 2.05) is 45.9 Å². The number of nitrogens with zero attached hydrogens (tertiary/aromatic N) is 1. The van der Waals surface area contributed by atoms with E-state index < -0.39 is 11.9 Å². The summed E-state index contributed by atoms with van der Waals surface area (Å²) in [5.74, 6) is -0.853. The van der Waals surface area contributed by atoms with E-state index in [4.69, 9.17) is 4.74 Å². The Labute approximate surface area is 202 Å². The maximum Gasteiger partial charge on any atom is 0.323 e. The van der Waals surface area contributed by atoms with Crippen molar-refractivity contribution in [2.24, 2.45) is 10.8 Å². The van der Waals surface area contributed by atoms with Crippen LogP contribution in [0.2, 0.25) is 0 Å². The molecule has 0 saturated carbocycles. The molecule has 0 saturated heterocycles. The van der Waals surface area contributed by atoms with Gasteiger partial charge in [0.2, 0.25) is 0 Å². The number of ketones is 2. The zero-order valence-corrected chi connectivity index (χ0v) is 21.3. The van der Waals surface area contributed by atoms with Crippen LogP contribution >= 0.6 is 15.9 Å². The molecule has 3 aliphatic rings. The highest BCUT2D eigenvalue weighted by Gasteiger charge is 2.49. The van der Waals surface area contributed by atoms with Crippen LogP contribution in [0.5, 0.6) is 5.75 Å². The first-order chi connectivity index (χ1) is 15.3. The molecule has 0 bridgehead atoms. The van der Waals surface area contributed by atoms with Crippen molar-refractivity contribution in [3.05, 3.63) is 50.8 Å². The average Bonchev–Trinajstić information content (AvgIpc) is 2.67. The van der Waals surface area contributed by atoms with E-state index in [-0.39, 0.29) is 28.9 Å². The number of rotatable bonds is 4. The Morgan fingerprint density at radius 1 is 1.03 bits per heavy atom. The molecule has 0 unspecified atom stereocenters. The second-order valence-corrected chi connectivity index (χ2v) is 11.8. The van der Waals surface area contributed by atoms with Crippen molar-refractivity contribution in [3.63, 3.8) is 0 Å². The molecular weight excluding hydrogens is 486 g/mol. The molecule has 1 aliphatic heterocycles. The van der Waals surface area contributed by atoms with Gasteiger partial charge in [0.1, 0.15) is 12.3 Å². The van der Waals surface area contributed by atoms with Crippen molar-refractivity contribution in [1.29, 1.82) is 0 Å². The highest BCUT2D eigenvalue weighted by molar-refractivity contribution is 9.10. The summed E-state index contributed by atoms with van der Waals surface area (Å²) in [6, 6.07) is 5.64. The Bertz CT molecular complexity index is 1070. The van der Waals surface area contributed by atoms with E-state index in [1.54, 1.807) is 12.0 Å². The van der Waals surface area contributed by atoms with Gasteiger partial charge in [0.15, 0.2) is 11.6 Å². The van der Waals surface area contributed by atoms with E-state index in [9.17, 15) is 19.5 Å². The molecule has 0 fully saturated rings. The van der Waals surface area contributed by atoms with Gasteiger partial charge < -0.3 is 14.7 Å². The van der Waals surface area contributed by atoms with Crippen molar-refractivity contribution in [3.8, 4) is 5.75 Å². The summed E-state index contributed by atoms with van der Waals surface area (Å²) >= 11 is 3.55. The van der Waals surface area contributed by atoms with Gasteiger partial charge in [-0.1, -0.05) is 33.8 Å². The van der Waals surface area contributed by atoms with Crippen LogP contribution < -0.4 is 4.74 Å². The van der Waals surface area contributed by atoms with Crippen LogP contribution in [0.3, 0.4) is 0 Å². The van der Waals surface area contributed by atoms with Crippen LogP contribution in [-0.2, 0) is 14.4 Å². The molecule has 0 atom stereocenters. The molecule has 0 amide bonds. The lowest BCUT2D eigenvalue weighted by Gasteiger charge is -2.48. The van der Waals surface area contributed by atoms with E-state index >= 15 is 0 Å². The van der Waals surface area contributed by atoms with Crippen LogP contribution in [0, 0.1) is 10.8 Å². The molecule has 0 radical (unpaired) electrons. The van der Waals surface area contributed by atoms with E-state index in [0.29, 0.717) is 42.6 Å². The third-order valence-corrected chi connectivity index (χ3v) is 7.44. The summed E-state index contributed by atoms with van der Waals surface area (Å²) in [5.41, 5.74) is 2.89. The minimum absolute atomic E-state index is 0.0160. The van der Waals surface area contributed by atoms with Crippen molar-refractivity contribution >= 4 is 33.5 Å². The van der Waals surface area contributed by atoms with Crippen molar-refractivity contribution in [1.82, 2.24) is 4.90 Å². The Morgan fingerprint density at radius 2 is 1.55 bits per heavy atom. The average molecular weight is 516 g/mol. The van der Waals surface area contributed by atoms with Crippen LogP contribution in [0.25, 0.3) is 0 Å². The summed E-state index contributed by atoms with van der Waals surface area (Å²) in [7, 11) is 1.59.